The van der Waals surface area contributed by atoms with Crippen LogP contribution in [0, 0.1) is 3.57 Å². The Morgan fingerprint density at radius 1 is 1.00 bits per heavy atom. The van der Waals surface area contributed by atoms with E-state index >= 15 is 0 Å². The van der Waals surface area contributed by atoms with E-state index in [1.165, 1.54) is 34.8 Å². The number of benzene rings is 2. The molecule has 0 radical (unpaired) electrons. The topological polar surface area (TPSA) is 26.7 Å². The molecule has 29 heavy (non-hydrogen) atoms. The Bertz CT molecular complexity index is 861. The van der Waals surface area contributed by atoms with E-state index in [1.54, 1.807) is 11.1 Å². The normalized spacial score (nSPS) is 27.2. The zero-order valence-electron chi connectivity index (χ0n) is 17.1. The Hall–Kier alpha value is -0.950. The highest BCUT2D eigenvalue weighted by atomic mass is 127. The third-order valence-corrected chi connectivity index (χ3v) is 8.28. The number of aliphatic hydroxyl groups is 1. The van der Waals surface area contributed by atoms with Gasteiger partial charge in [0.1, 0.15) is 0 Å². The van der Waals surface area contributed by atoms with E-state index in [9.17, 15) is 5.11 Å². The average Bonchev–Trinajstić information content (AvgIpc) is 3.09. The van der Waals surface area contributed by atoms with Crippen molar-refractivity contribution in [2.45, 2.75) is 56.2 Å². The molecule has 0 aromatic heterocycles. The maximum atomic E-state index is 10.8. The fraction of sp³-hybridized carbons (Fsp3) is 0.520. The molecule has 2 heterocycles. The average molecular weight is 502 g/mol. The van der Waals surface area contributed by atoms with Crippen LogP contribution in [0.2, 0.25) is 0 Å². The van der Waals surface area contributed by atoms with E-state index in [-0.39, 0.29) is 12.1 Å². The second-order valence-corrected chi connectivity index (χ2v) is 10.5. The van der Waals surface area contributed by atoms with Crippen LogP contribution in [0.3, 0.4) is 0 Å². The van der Waals surface area contributed by atoms with Gasteiger partial charge in [-0.25, -0.2) is 0 Å². The summed E-state index contributed by atoms with van der Waals surface area (Å²) in [6.45, 7) is 5.20. The second kappa shape index (κ2) is 8.29. The molecule has 5 rings (SSSR count). The number of likely N-dealkylation sites (tertiary alicyclic amines) is 2. The summed E-state index contributed by atoms with van der Waals surface area (Å²) in [7, 11) is 0. The van der Waals surface area contributed by atoms with E-state index in [2.05, 4.69) is 80.9 Å². The Kier molecular flexibility index (Phi) is 5.71. The quantitative estimate of drug-likeness (QED) is 0.638. The first kappa shape index (κ1) is 20.0. The molecule has 1 N–H and O–H groups in total. The summed E-state index contributed by atoms with van der Waals surface area (Å²) in [5, 5.41) is 10.8. The largest absolute Gasteiger partial charge is 0.391 e. The molecule has 3 aliphatic rings. The van der Waals surface area contributed by atoms with Crippen molar-refractivity contribution in [3.63, 3.8) is 0 Å². The Morgan fingerprint density at radius 2 is 1.83 bits per heavy atom. The third-order valence-electron chi connectivity index (χ3n) is 7.61. The van der Waals surface area contributed by atoms with Gasteiger partial charge in [0.2, 0.25) is 0 Å². The predicted molar refractivity (Wildman–Crippen MR) is 126 cm³/mol. The summed E-state index contributed by atoms with van der Waals surface area (Å²) >= 11 is 2.39. The van der Waals surface area contributed by atoms with Crippen LogP contribution in [0.1, 0.15) is 42.4 Å². The van der Waals surface area contributed by atoms with Gasteiger partial charge in [-0.15, -0.1) is 0 Å². The zero-order chi connectivity index (χ0) is 19.8. The van der Waals surface area contributed by atoms with Crippen LogP contribution in [0.25, 0.3) is 0 Å². The lowest BCUT2D eigenvalue weighted by atomic mass is 9.73. The third kappa shape index (κ3) is 4.01. The zero-order valence-corrected chi connectivity index (χ0v) is 19.2. The molecule has 1 aliphatic carbocycles. The summed E-state index contributed by atoms with van der Waals surface area (Å²) in [6.07, 6.45) is 5.73. The lowest BCUT2D eigenvalue weighted by Gasteiger charge is -2.47. The predicted octanol–water partition coefficient (Wildman–Crippen LogP) is 4.21. The first-order valence-electron chi connectivity index (χ1n) is 11.1. The lowest BCUT2D eigenvalue weighted by molar-refractivity contribution is -0.0285. The molecule has 0 saturated carbocycles. The lowest BCUT2D eigenvalue weighted by Crippen LogP contribution is -2.57. The fourth-order valence-corrected chi connectivity index (χ4v) is 6.56. The van der Waals surface area contributed by atoms with Gasteiger partial charge in [0.25, 0.3) is 0 Å². The van der Waals surface area contributed by atoms with Crippen LogP contribution in [0.4, 0.5) is 0 Å². The number of piperidine rings is 2. The van der Waals surface area contributed by atoms with E-state index in [0.29, 0.717) is 5.41 Å². The van der Waals surface area contributed by atoms with Crippen LogP contribution < -0.4 is 0 Å². The summed E-state index contributed by atoms with van der Waals surface area (Å²) < 4.78 is 1.30. The number of aliphatic hydroxyl groups excluding tert-OH is 1. The molecular formula is C25H31IN2O. The van der Waals surface area contributed by atoms with Gasteiger partial charge in [-0.05, 0) is 102 Å². The van der Waals surface area contributed by atoms with Gasteiger partial charge in [0.15, 0.2) is 0 Å². The van der Waals surface area contributed by atoms with E-state index in [1.807, 2.05) is 0 Å². The van der Waals surface area contributed by atoms with Gasteiger partial charge >= 0.3 is 0 Å². The van der Waals surface area contributed by atoms with Gasteiger partial charge < -0.3 is 5.11 Å². The van der Waals surface area contributed by atoms with Crippen molar-refractivity contribution in [2.24, 2.45) is 0 Å². The summed E-state index contributed by atoms with van der Waals surface area (Å²) in [5.41, 5.74) is 4.96. The van der Waals surface area contributed by atoms with E-state index in [0.717, 1.165) is 39.1 Å². The number of fused-ring (bicyclic) bond motifs is 2. The van der Waals surface area contributed by atoms with Crippen LogP contribution >= 0.6 is 22.6 Å². The van der Waals surface area contributed by atoms with Crippen molar-refractivity contribution in [3.05, 3.63) is 68.8 Å². The van der Waals surface area contributed by atoms with Crippen LogP contribution in [0.5, 0.6) is 0 Å². The maximum Gasteiger partial charge on any atom is 0.0720 e. The molecule has 2 fully saturated rings. The summed E-state index contributed by atoms with van der Waals surface area (Å²) in [4.78, 5) is 5.13. The van der Waals surface area contributed by atoms with E-state index in [4.69, 9.17) is 0 Å². The minimum atomic E-state index is -0.188. The van der Waals surface area contributed by atoms with Crippen molar-refractivity contribution >= 4 is 22.6 Å². The van der Waals surface area contributed by atoms with Crippen molar-refractivity contribution in [3.8, 4) is 0 Å². The highest BCUT2D eigenvalue weighted by Gasteiger charge is 2.43. The molecule has 154 valence electrons. The molecule has 4 heteroatoms. The van der Waals surface area contributed by atoms with Crippen LogP contribution in [-0.2, 0) is 18.4 Å². The Labute approximate surface area is 188 Å². The molecule has 2 aromatic carbocycles. The Balaban J connectivity index is 1.24. The number of hydrogen-bond acceptors (Lipinski definition) is 3. The monoisotopic (exact) mass is 502 g/mol. The highest BCUT2D eigenvalue weighted by Crippen LogP contribution is 2.46. The molecule has 1 spiro atoms. The van der Waals surface area contributed by atoms with Crippen molar-refractivity contribution < 1.29 is 5.11 Å². The maximum absolute atomic E-state index is 10.8. The molecule has 2 atom stereocenters. The minimum Gasteiger partial charge on any atom is -0.391 e. The molecule has 2 saturated heterocycles. The highest BCUT2D eigenvalue weighted by molar-refractivity contribution is 14.1. The van der Waals surface area contributed by atoms with Gasteiger partial charge in [-0.2, -0.15) is 0 Å². The van der Waals surface area contributed by atoms with Crippen LogP contribution in [0.15, 0.2) is 48.5 Å². The fourth-order valence-electron chi connectivity index (χ4n) is 5.95. The number of aryl methyl sites for hydroxylation is 1. The molecule has 0 bridgehead atoms. The molecule has 2 aliphatic heterocycles. The van der Waals surface area contributed by atoms with Crippen molar-refractivity contribution in [2.75, 3.05) is 26.2 Å². The first-order chi connectivity index (χ1) is 14.1. The molecular weight excluding hydrogens is 471 g/mol. The minimum absolute atomic E-state index is 0.188. The standard InChI is InChI=1S/C25H31IN2O/c26-21-6-3-4-19(16-21)17-27-13-9-24(29)23(18-27)28-14-11-25(12-15-28)10-8-20-5-1-2-7-22(20)25/h1-7,16,23-24,29H,8-15,17-18H2/t23-,24+/m1/s1. The molecule has 2 aromatic rings. The van der Waals surface area contributed by atoms with Gasteiger partial charge in [0, 0.05) is 29.2 Å². The van der Waals surface area contributed by atoms with Crippen molar-refractivity contribution in [1.29, 1.82) is 0 Å². The van der Waals surface area contributed by atoms with Crippen LogP contribution in [-0.4, -0.2) is 53.2 Å². The number of halogens is 1. The summed E-state index contributed by atoms with van der Waals surface area (Å²) in [6, 6.07) is 18.2. The Morgan fingerprint density at radius 3 is 2.66 bits per heavy atom. The van der Waals surface area contributed by atoms with Gasteiger partial charge in [0.05, 0.1) is 6.10 Å². The molecule has 3 nitrogen and oxygen atoms in total. The number of rotatable bonds is 3. The second-order valence-electron chi connectivity index (χ2n) is 9.26. The van der Waals surface area contributed by atoms with Crippen molar-refractivity contribution in [1.82, 2.24) is 9.80 Å². The summed E-state index contributed by atoms with van der Waals surface area (Å²) in [5.74, 6) is 0. The van der Waals surface area contributed by atoms with Gasteiger partial charge in [-0.1, -0.05) is 36.4 Å². The molecule has 0 unspecified atom stereocenters. The molecule has 0 amide bonds. The first-order valence-corrected chi connectivity index (χ1v) is 12.2. The number of nitrogens with zero attached hydrogens (tertiary/aromatic N) is 2. The number of hydrogen-bond donors (Lipinski definition) is 1. The SMILES string of the molecule is O[C@H]1CCN(Cc2cccc(I)c2)C[C@H]1N1CCC2(CCc3ccccc32)CC1. The van der Waals surface area contributed by atoms with Gasteiger partial charge in [-0.3, -0.25) is 9.80 Å². The van der Waals surface area contributed by atoms with E-state index < -0.39 is 0 Å². The smallest absolute Gasteiger partial charge is 0.0720 e.